The first-order chi connectivity index (χ1) is 18.2. The molecular formula is C30H34N6O. The molecule has 1 unspecified atom stereocenters. The molecule has 37 heavy (non-hydrogen) atoms. The van der Waals surface area contributed by atoms with Crippen molar-refractivity contribution in [3.05, 3.63) is 71.9 Å². The molecule has 5 rings (SSSR count). The standard InChI is InChI=1S/C30H34N6O/c31-22-25(30(37)32-24-13-5-2-6-14-24)28-29(34-27-16-8-7-15-26(27)33-28)36-20-18-35(19-21-36)17-9-12-23-10-3-1-4-11-23/h1,3-4,7-12,15-16,24-25H,2,5-6,13-14,17-21H2,(H,32,37)/b12-9+. The maximum Gasteiger partial charge on any atom is 0.243 e. The molecule has 1 saturated heterocycles. The van der Waals surface area contributed by atoms with Crippen molar-refractivity contribution < 1.29 is 4.79 Å². The predicted molar refractivity (Wildman–Crippen MR) is 147 cm³/mol. The number of amides is 1. The number of piperazine rings is 1. The number of nitrogens with zero attached hydrogens (tertiary/aromatic N) is 5. The molecule has 1 aromatic heterocycles. The molecular weight excluding hydrogens is 460 g/mol. The average Bonchev–Trinajstić information content (AvgIpc) is 2.95. The number of anilines is 1. The highest BCUT2D eigenvalue weighted by Crippen LogP contribution is 2.29. The Morgan fingerprint density at radius 2 is 1.65 bits per heavy atom. The summed E-state index contributed by atoms with van der Waals surface area (Å²) in [6.07, 6.45) is 9.75. The lowest BCUT2D eigenvalue weighted by atomic mass is 9.94. The zero-order valence-electron chi connectivity index (χ0n) is 21.2. The normalized spacial score (nSPS) is 18.1. The summed E-state index contributed by atoms with van der Waals surface area (Å²) in [5.41, 5.74) is 3.15. The first-order valence-electron chi connectivity index (χ1n) is 13.4. The molecule has 0 spiro atoms. The lowest BCUT2D eigenvalue weighted by molar-refractivity contribution is -0.122. The van der Waals surface area contributed by atoms with Gasteiger partial charge in [0.15, 0.2) is 11.7 Å². The number of hydrogen-bond donors (Lipinski definition) is 1. The van der Waals surface area contributed by atoms with Crippen LogP contribution in [0.4, 0.5) is 5.82 Å². The van der Waals surface area contributed by atoms with Gasteiger partial charge in [-0.15, -0.1) is 0 Å². The van der Waals surface area contributed by atoms with Gasteiger partial charge in [-0.05, 0) is 30.5 Å². The highest BCUT2D eigenvalue weighted by molar-refractivity contribution is 5.89. The van der Waals surface area contributed by atoms with Crippen LogP contribution in [-0.2, 0) is 4.79 Å². The summed E-state index contributed by atoms with van der Waals surface area (Å²) in [5, 5.41) is 13.2. The van der Waals surface area contributed by atoms with Crippen LogP contribution in [0.25, 0.3) is 17.1 Å². The van der Waals surface area contributed by atoms with Crippen LogP contribution in [0.2, 0.25) is 0 Å². The second kappa shape index (κ2) is 12.0. The average molecular weight is 495 g/mol. The number of para-hydroxylation sites is 2. The lowest BCUT2D eigenvalue weighted by Gasteiger charge is -2.36. The number of benzene rings is 2. The number of fused-ring (bicyclic) bond motifs is 1. The van der Waals surface area contributed by atoms with E-state index in [9.17, 15) is 10.1 Å². The topological polar surface area (TPSA) is 85.1 Å². The predicted octanol–water partition coefficient (Wildman–Crippen LogP) is 4.52. The highest BCUT2D eigenvalue weighted by Gasteiger charge is 2.31. The van der Waals surface area contributed by atoms with Crippen molar-refractivity contribution in [1.82, 2.24) is 20.2 Å². The Bertz CT molecular complexity index is 1270. The Balaban J connectivity index is 1.32. The van der Waals surface area contributed by atoms with E-state index < -0.39 is 5.92 Å². The van der Waals surface area contributed by atoms with E-state index in [2.05, 4.69) is 45.5 Å². The Morgan fingerprint density at radius 1 is 0.973 bits per heavy atom. The zero-order valence-corrected chi connectivity index (χ0v) is 21.2. The Labute approximate surface area is 218 Å². The van der Waals surface area contributed by atoms with E-state index in [1.807, 2.05) is 42.5 Å². The van der Waals surface area contributed by atoms with E-state index in [0.717, 1.165) is 63.9 Å². The van der Waals surface area contributed by atoms with Gasteiger partial charge in [0.2, 0.25) is 5.91 Å². The Kier molecular flexibility index (Phi) is 8.07. The van der Waals surface area contributed by atoms with Gasteiger partial charge in [-0.25, -0.2) is 9.97 Å². The quantitative estimate of drug-likeness (QED) is 0.520. The molecule has 3 aromatic rings. The third-order valence-corrected chi connectivity index (χ3v) is 7.34. The van der Waals surface area contributed by atoms with E-state index in [4.69, 9.17) is 9.97 Å². The molecule has 1 atom stereocenters. The third kappa shape index (κ3) is 6.15. The molecule has 1 aliphatic heterocycles. The zero-order chi connectivity index (χ0) is 25.5. The molecule has 1 amide bonds. The van der Waals surface area contributed by atoms with Crippen molar-refractivity contribution in [2.75, 3.05) is 37.6 Å². The van der Waals surface area contributed by atoms with Gasteiger partial charge in [-0.3, -0.25) is 9.69 Å². The lowest BCUT2D eigenvalue weighted by Crippen LogP contribution is -2.47. The fourth-order valence-electron chi connectivity index (χ4n) is 5.25. The fraction of sp³-hybridized carbons (Fsp3) is 0.400. The van der Waals surface area contributed by atoms with Crippen LogP contribution in [-0.4, -0.2) is 59.5 Å². The van der Waals surface area contributed by atoms with Gasteiger partial charge in [-0.1, -0.05) is 73.9 Å². The van der Waals surface area contributed by atoms with Gasteiger partial charge in [0.25, 0.3) is 0 Å². The number of carbonyl (C=O) groups excluding carboxylic acids is 1. The van der Waals surface area contributed by atoms with Gasteiger partial charge in [-0.2, -0.15) is 5.26 Å². The number of carbonyl (C=O) groups is 1. The molecule has 1 saturated carbocycles. The van der Waals surface area contributed by atoms with Crippen molar-refractivity contribution in [2.24, 2.45) is 0 Å². The molecule has 2 aromatic carbocycles. The summed E-state index contributed by atoms with van der Waals surface area (Å²) in [4.78, 5) is 27.6. The molecule has 2 aliphatic rings. The Hall–Kier alpha value is -3.76. The van der Waals surface area contributed by atoms with Crippen molar-refractivity contribution in [3.8, 4) is 6.07 Å². The van der Waals surface area contributed by atoms with Gasteiger partial charge in [0.1, 0.15) is 5.69 Å². The smallest absolute Gasteiger partial charge is 0.243 e. The van der Waals surface area contributed by atoms with Crippen LogP contribution in [0, 0.1) is 11.3 Å². The highest BCUT2D eigenvalue weighted by atomic mass is 16.2. The van der Waals surface area contributed by atoms with Gasteiger partial charge in [0.05, 0.1) is 17.1 Å². The van der Waals surface area contributed by atoms with Crippen molar-refractivity contribution >= 4 is 28.8 Å². The molecule has 1 aliphatic carbocycles. The molecule has 0 bridgehead atoms. The summed E-state index contributed by atoms with van der Waals surface area (Å²) >= 11 is 0. The van der Waals surface area contributed by atoms with Gasteiger partial charge in [0, 0.05) is 38.8 Å². The number of aromatic nitrogens is 2. The second-order valence-electron chi connectivity index (χ2n) is 9.93. The van der Waals surface area contributed by atoms with E-state index in [1.165, 1.54) is 12.0 Å². The summed E-state index contributed by atoms with van der Waals surface area (Å²) in [6, 6.07) is 20.4. The summed E-state index contributed by atoms with van der Waals surface area (Å²) in [5.74, 6) is -0.589. The molecule has 2 heterocycles. The summed E-state index contributed by atoms with van der Waals surface area (Å²) < 4.78 is 0. The van der Waals surface area contributed by atoms with Crippen LogP contribution in [0.3, 0.4) is 0 Å². The number of hydrogen-bond acceptors (Lipinski definition) is 6. The summed E-state index contributed by atoms with van der Waals surface area (Å²) in [6.45, 7) is 4.16. The van der Waals surface area contributed by atoms with Crippen LogP contribution in [0.5, 0.6) is 0 Å². The maximum atomic E-state index is 13.3. The molecule has 7 heteroatoms. The minimum atomic E-state index is -0.985. The van der Waals surface area contributed by atoms with E-state index in [0.29, 0.717) is 17.0 Å². The molecule has 190 valence electrons. The largest absolute Gasteiger partial charge is 0.352 e. The first kappa shape index (κ1) is 24.9. The first-order valence-corrected chi connectivity index (χ1v) is 13.4. The minimum Gasteiger partial charge on any atom is -0.352 e. The SMILES string of the molecule is N#CC(C(=O)NC1CCCCC1)c1nc2ccccc2nc1N1CCN(C/C=C/c2ccccc2)CC1. The number of rotatable bonds is 7. The van der Waals surface area contributed by atoms with Crippen molar-refractivity contribution in [2.45, 2.75) is 44.1 Å². The second-order valence-corrected chi connectivity index (χ2v) is 9.93. The molecule has 1 N–H and O–H groups in total. The van der Waals surface area contributed by atoms with Crippen molar-refractivity contribution in [3.63, 3.8) is 0 Å². The molecule has 2 fully saturated rings. The van der Waals surface area contributed by atoms with Gasteiger partial charge < -0.3 is 10.2 Å². The summed E-state index contributed by atoms with van der Waals surface area (Å²) in [7, 11) is 0. The van der Waals surface area contributed by atoms with Crippen molar-refractivity contribution in [1.29, 1.82) is 5.26 Å². The molecule has 7 nitrogen and oxygen atoms in total. The number of nitriles is 1. The van der Waals surface area contributed by atoms with E-state index in [1.54, 1.807) is 0 Å². The fourth-order valence-corrected chi connectivity index (χ4v) is 5.25. The maximum absolute atomic E-state index is 13.3. The monoisotopic (exact) mass is 494 g/mol. The van der Waals surface area contributed by atoms with Crippen LogP contribution >= 0.6 is 0 Å². The Morgan fingerprint density at radius 3 is 2.35 bits per heavy atom. The molecule has 0 radical (unpaired) electrons. The number of nitrogens with one attached hydrogen (secondary N) is 1. The van der Waals surface area contributed by atoms with Crippen LogP contribution in [0.1, 0.15) is 49.3 Å². The van der Waals surface area contributed by atoms with Crippen LogP contribution < -0.4 is 10.2 Å². The minimum absolute atomic E-state index is 0.140. The van der Waals surface area contributed by atoms with Gasteiger partial charge >= 0.3 is 0 Å². The third-order valence-electron chi connectivity index (χ3n) is 7.34. The van der Waals surface area contributed by atoms with Crippen LogP contribution in [0.15, 0.2) is 60.7 Å². The van der Waals surface area contributed by atoms with E-state index >= 15 is 0 Å². The van der Waals surface area contributed by atoms with E-state index in [-0.39, 0.29) is 11.9 Å².